The van der Waals surface area contributed by atoms with Gasteiger partial charge in [-0.3, -0.25) is 14.5 Å². The molecular weight excluding hydrogens is 396 g/mol. The summed E-state index contributed by atoms with van der Waals surface area (Å²) in [6.07, 6.45) is 0.734. The molecule has 0 saturated carbocycles. The lowest BCUT2D eigenvalue weighted by atomic mass is 9.95. The fraction of sp³-hybridized carbons (Fsp3) is 0.375. The van der Waals surface area contributed by atoms with Gasteiger partial charge in [-0.15, -0.1) is 0 Å². The third-order valence-corrected chi connectivity index (χ3v) is 6.35. The molecule has 4 rings (SSSR count). The fourth-order valence-corrected chi connectivity index (χ4v) is 4.54. The number of nitrogens with zero attached hydrogens (tertiary/aromatic N) is 2. The van der Waals surface area contributed by atoms with Crippen molar-refractivity contribution in [1.29, 1.82) is 0 Å². The number of aryl methyl sites for hydroxylation is 2. The minimum absolute atomic E-state index is 0.0569. The number of ether oxygens (including phenoxy) is 1. The number of likely N-dealkylation sites (tertiary alicyclic amines) is 1. The van der Waals surface area contributed by atoms with Crippen molar-refractivity contribution < 1.29 is 24.2 Å². The number of amides is 2. The first-order chi connectivity index (χ1) is 14.8. The van der Waals surface area contributed by atoms with Gasteiger partial charge in [-0.05, 0) is 37.1 Å². The van der Waals surface area contributed by atoms with Crippen LogP contribution in [0.4, 0.5) is 0 Å². The van der Waals surface area contributed by atoms with Gasteiger partial charge in [0.2, 0.25) is 0 Å². The molecule has 0 aliphatic carbocycles. The first-order valence-corrected chi connectivity index (χ1v) is 10.4. The number of aliphatic carboxylic acids is 1. The highest BCUT2D eigenvalue weighted by Gasteiger charge is 2.54. The molecule has 1 unspecified atom stereocenters. The summed E-state index contributed by atoms with van der Waals surface area (Å²) in [4.78, 5) is 41.5. The van der Waals surface area contributed by atoms with Gasteiger partial charge in [-0.1, -0.05) is 36.4 Å². The summed E-state index contributed by atoms with van der Waals surface area (Å²) in [5.74, 6) is -1.49. The quantitative estimate of drug-likeness (QED) is 0.822. The minimum atomic E-state index is -1.09. The molecule has 2 heterocycles. The van der Waals surface area contributed by atoms with Crippen LogP contribution in [0.15, 0.2) is 48.5 Å². The second kappa shape index (κ2) is 8.15. The summed E-state index contributed by atoms with van der Waals surface area (Å²) in [5, 5.41) is 9.74. The maximum absolute atomic E-state index is 13.4. The van der Waals surface area contributed by atoms with Gasteiger partial charge in [-0.2, -0.15) is 0 Å². The van der Waals surface area contributed by atoms with Crippen molar-refractivity contribution in [3.8, 4) is 0 Å². The van der Waals surface area contributed by atoms with E-state index in [0.29, 0.717) is 37.1 Å². The van der Waals surface area contributed by atoms with E-state index in [1.54, 1.807) is 17.0 Å². The van der Waals surface area contributed by atoms with Crippen LogP contribution in [0.1, 0.15) is 44.7 Å². The van der Waals surface area contributed by atoms with Gasteiger partial charge < -0.3 is 14.7 Å². The lowest BCUT2D eigenvalue weighted by Gasteiger charge is -2.44. The molecular formula is C24H26N2O5. The molecule has 2 saturated heterocycles. The van der Waals surface area contributed by atoms with Crippen LogP contribution in [0, 0.1) is 13.8 Å². The van der Waals surface area contributed by atoms with Crippen molar-refractivity contribution >= 4 is 17.8 Å². The van der Waals surface area contributed by atoms with Crippen LogP contribution in [-0.4, -0.2) is 64.2 Å². The van der Waals surface area contributed by atoms with Crippen LogP contribution in [0.25, 0.3) is 0 Å². The molecule has 1 atom stereocenters. The first-order valence-electron chi connectivity index (χ1n) is 10.4. The van der Waals surface area contributed by atoms with Gasteiger partial charge in [0, 0.05) is 37.1 Å². The van der Waals surface area contributed by atoms with Gasteiger partial charge in [0.15, 0.2) is 6.04 Å². The standard InChI is InChI=1S/C24H26N2O5/c1-16-7-3-5-9-18(16)21(27)25-13-11-24(12-14-25)26(20(15-31-24)23(29)30)22(28)19-10-6-4-8-17(19)2/h3-10,20H,11-15H2,1-2H3,(H,29,30). The summed E-state index contributed by atoms with van der Waals surface area (Å²) in [5.41, 5.74) is 1.79. The summed E-state index contributed by atoms with van der Waals surface area (Å²) in [6, 6.07) is 13.5. The first kappa shape index (κ1) is 21.1. The smallest absolute Gasteiger partial charge is 0.328 e. The van der Waals surface area contributed by atoms with Crippen LogP contribution in [-0.2, 0) is 9.53 Å². The van der Waals surface area contributed by atoms with E-state index >= 15 is 0 Å². The molecule has 2 aromatic rings. The van der Waals surface area contributed by atoms with Gasteiger partial charge >= 0.3 is 5.97 Å². The van der Waals surface area contributed by atoms with Crippen LogP contribution in [0.2, 0.25) is 0 Å². The summed E-state index contributed by atoms with van der Waals surface area (Å²) in [7, 11) is 0. The van der Waals surface area contributed by atoms with Gasteiger partial charge in [0.1, 0.15) is 5.72 Å². The molecule has 2 amide bonds. The molecule has 1 N–H and O–H groups in total. The Balaban J connectivity index is 1.59. The second-order valence-corrected chi connectivity index (χ2v) is 8.21. The van der Waals surface area contributed by atoms with Crippen molar-refractivity contribution in [1.82, 2.24) is 9.80 Å². The van der Waals surface area contributed by atoms with Gasteiger partial charge in [0.25, 0.3) is 11.8 Å². The predicted molar refractivity (Wildman–Crippen MR) is 114 cm³/mol. The summed E-state index contributed by atoms with van der Waals surface area (Å²) in [6.45, 7) is 4.45. The van der Waals surface area contributed by atoms with E-state index < -0.39 is 17.7 Å². The number of hydrogen-bond acceptors (Lipinski definition) is 4. The van der Waals surface area contributed by atoms with Crippen molar-refractivity contribution in [3.05, 3.63) is 70.8 Å². The molecule has 2 aliphatic heterocycles. The number of rotatable bonds is 3. The number of piperidine rings is 1. The Morgan fingerprint density at radius 2 is 1.42 bits per heavy atom. The molecule has 31 heavy (non-hydrogen) atoms. The second-order valence-electron chi connectivity index (χ2n) is 8.21. The number of carboxylic acids is 1. The average molecular weight is 422 g/mol. The molecule has 7 heteroatoms. The Morgan fingerprint density at radius 3 is 1.94 bits per heavy atom. The van der Waals surface area contributed by atoms with E-state index in [-0.39, 0.29) is 18.4 Å². The number of carboxylic acid groups (broad SMARTS) is 1. The lowest BCUT2D eigenvalue weighted by Crippen LogP contribution is -2.58. The van der Waals surface area contributed by atoms with Crippen molar-refractivity contribution in [2.24, 2.45) is 0 Å². The number of carbonyl (C=O) groups is 3. The van der Waals surface area contributed by atoms with E-state index in [1.807, 2.05) is 50.2 Å². The van der Waals surface area contributed by atoms with E-state index in [9.17, 15) is 19.5 Å². The molecule has 2 fully saturated rings. The van der Waals surface area contributed by atoms with E-state index in [2.05, 4.69) is 0 Å². The molecule has 1 spiro atoms. The van der Waals surface area contributed by atoms with Crippen molar-refractivity contribution in [2.75, 3.05) is 19.7 Å². The SMILES string of the molecule is Cc1ccccc1C(=O)N1CCC2(CC1)OCC(C(=O)O)N2C(=O)c1ccccc1C. The maximum Gasteiger partial charge on any atom is 0.328 e. The van der Waals surface area contributed by atoms with Gasteiger partial charge in [-0.25, -0.2) is 4.79 Å². The topological polar surface area (TPSA) is 87.2 Å². The number of benzene rings is 2. The Kier molecular flexibility index (Phi) is 5.54. The molecule has 0 bridgehead atoms. The zero-order chi connectivity index (χ0) is 22.2. The highest BCUT2D eigenvalue weighted by atomic mass is 16.5. The van der Waals surface area contributed by atoms with E-state index in [4.69, 9.17) is 4.74 Å². The number of hydrogen-bond donors (Lipinski definition) is 1. The Hall–Kier alpha value is -3.19. The molecule has 162 valence electrons. The molecule has 7 nitrogen and oxygen atoms in total. The molecule has 0 radical (unpaired) electrons. The van der Waals surface area contributed by atoms with Crippen molar-refractivity contribution in [2.45, 2.75) is 38.5 Å². The Morgan fingerprint density at radius 1 is 0.903 bits per heavy atom. The third-order valence-electron chi connectivity index (χ3n) is 6.35. The third kappa shape index (κ3) is 3.70. The predicted octanol–water partition coefficient (Wildman–Crippen LogP) is 2.86. The monoisotopic (exact) mass is 422 g/mol. The number of carbonyl (C=O) groups excluding carboxylic acids is 2. The molecule has 2 aliphatic rings. The zero-order valence-electron chi connectivity index (χ0n) is 17.7. The highest BCUT2D eigenvalue weighted by molar-refractivity contribution is 5.99. The minimum Gasteiger partial charge on any atom is -0.480 e. The van der Waals surface area contributed by atoms with Crippen LogP contribution in [0.5, 0.6) is 0 Å². The highest BCUT2D eigenvalue weighted by Crippen LogP contribution is 2.39. The van der Waals surface area contributed by atoms with Crippen LogP contribution < -0.4 is 0 Å². The van der Waals surface area contributed by atoms with Crippen LogP contribution >= 0.6 is 0 Å². The fourth-order valence-electron chi connectivity index (χ4n) is 4.54. The summed E-state index contributed by atoms with van der Waals surface area (Å²) < 4.78 is 5.99. The Labute approximate surface area is 181 Å². The van der Waals surface area contributed by atoms with Crippen molar-refractivity contribution in [3.63, 3.8) is 0 Å². The molecule has 0 aromatic heterocycles. The normalized spacial score (nSPS) is 20.1. The van der Waals surface area contributed by atoms with E-state index in [1.165, 1.54) is 4.90 Å². The summed E-state index contributed by atoms with van der Waals surface area (Å²) >= 11 is 0. The van der Waals surface area contributed by atoms with E-state index in [0.717, 1.165) is 11.1 Å². The average Bonchev–Trinajstić information content (AvgIpc) is 3.13. The van der Waals surface area contributed by atoms with Crippen LogP contribution in [0.3, 0.4) is 0 Å². The largest absolute Gasteiger partial charge is 0.480 e. The zero-order valence-corrected chi connectivity index (χ0v) is 17.7. The molecule has 2 aromatic carbocycles. The lowest BCUT2D eigenvalue weighted by molar-refractivity contribution is -0.143. The Bertz CT molecular complexity index is 1030. The maximum atomic E-state index is 13.4. The van der Waals surface area contributed by atoms with Gasteiger partial charge in [0.05, 0.1) is 6.61 Å².